The summed E-state index contributed by atoms with van der Waals surface area (Å²) in [5, 5.41) is 18.9. The Morgan fingerprint density at radius 3 is 2.56 bits per heavy atom. The van der Waals surface area contributed by atoms with Gasteiger partial charge in [-0.25, -0.2) is 4.79 Å². The maximum absolute atomic E-state index is 11.9. The molecule has 0 aliphatic rings. The van der Waals surface area contributed by atoms with Crippen molar-refractivity contribution in [3.8, 4) is 17.2 Å². The molecule has 1 aromatic heterocycles. The molecule has 5 heteroatoms. The molecule has 3 rings (SSSR count). The summed E-state index contributed by atoms with van der Waals surface area (Å²) >= 11 is 0. The van der Waals surface area contributed by atoms with Crippen LogP contribution in [0.25, 0.3) is 16.7 Å². The average Bonchev–Trinajstić information content (AvgIpc) is 2.64. The van der Waals surface area contributed by atoms with E-state index in [-0.39, 0.29) is 17.2 Å². The summed E-state index contributed by atoms with van der Waals surface area (Å²) in [6.45, 7) is 0. The molecule has 0 atom stereocenters. The van der Waals surface area contributed by atoms with Crippen molar-refractivity contribution >= 4 is 11.0 Å². The molecule has 0 aliphatic carbocycles. The molecule has 0 amide bonds. The summed E-state index contributed by atoms with van der Waals surface area (Å²) < 4.78 is 1.40. The van der Waals surface area contributed by atoms with Crippen molar-refractivity contribution in [2.45, 2.75) is 0 Å². The molecular weight excluding hydrogens is 232 g/mol. The molecule has 0 radical (unpaired) electrons. The maximum Gasteiger partial charge on any atom is 0.331 e. The Labute approximate surface area is 102 Å². The SMILES string of the molecule is O=c1[nH]c2ccc(O)cc2n1-c1cccc(O)c1. The molecule has 0 fully saturated rings. The van der Waals surface area contributed by atoms with E-state index >= 15 is 0 Å². The van der Waals surface area contributed by atoms with Crippen molar-refractivity contribution in [3.63, 3.8) is 0 Å². The first-order valence-corrected chi connectivity index (χ1v) is 5.38. The lowest BCUT2D eigenvalue weighted by Gasteiger charge is -2.03. The van der Waals surface area contributed by atoms with Crippen LogP contribution in [0.5, 0.6) is 11.5 Å². The van der Waals surface area contributed by atoms with E-state index in [2.05, 4.69) is 4.98 Å². The number of nitrogens with zero attached hydrogens (tertiary/aromatic N) is 1. The van der Waals surface area contributed by atoms with Gasteiger partial charge in [0.2, 0.25) is 0 Å². The fourth-order valence-electron chi connectivity index (χ4n) is 1.98. The minimum absolute atomic E-state index is 0.0777. The van der Waals surface area contributed by atoms with Crippen LogP contribution in [0.2, 0.25) is 0 Å². The first kappa shape index (κ1) is 10.5. The zero-order chi connectivity index (χ0) is 12.7. The van der Waals surface area contributed by atoms with Gasteiger partial charge in [0.25, 0.3) is 0 Å². The van der Waals surface area contributed by atoms with Crippen molar-refractivity contribution in [2.75, 3.05) is 0 Å². The zero-order valence-corrected chi connectivity index (χ0v) is 9.29. The number of rotatable bonds is 1. The van der Waals surface area contributed by atoms with Gasteiger partial charge < -0.3 is 15.2 Å². The van der Waals surface area contributed by atoms with Crippen LogP contribution < -0.4 is 5.69 Å². The van der Waals surface area contributed by atoms with Crippen LogP contribution in [0.4, 0.5) is 0 Å². The lowest BCUT2D eigenvalue weighted by atomic mass is 10.2. The number of fused-ring (bicyclic) bond motifs is 1. The van der Waals surface area contributed by atoms with Crippen molar-refractivity contribution in [1.29, 1.82) is 0 Å². The predicted octanol–water partition coefficient (Wildman–Crippen LogP) is 1.73. The van der Waals surface area contributed by atoms with Crippen molar-refractivity contribution in [1.82, 2.24) is 9.55 Å². The van der Waals surface area contributed by atoms with Crippen LogP contribution in [-0.4, -0.2) is 19.8 Å². The highest BCUT2D eigenvalue weighted by atomic mass is 16.3. The average molecular weight is 242 g/mol. The molecule has 3 aromatic rings. The fraction of sp³-hybridized carbons (Fsp3) is 0. The number of hydrogen-bond acceptors (Lipinski definition) is 3. The lowest BCUT2D eigenvalue weighted by Crippen LogP contribution is -2.14. The van der Waals surface area contributed by atoms with Gasteiger partial charge in [0.15, 0.2) is 0 Å². The minimum atomic E-state index is -0.318. The molecule has 5 nitrogen and oxygen atoms in total. The van der Waals surface area contributed by atoms with Crippen molar-refractivity contribution < 1.29 is 10.2 Å². The molecule has 0 aliphatic heterocycles. The summed E-state index contributed by atoms with van der Waals surface area (Å²) in [5.74, 6) is 0.157. The second kappa shape index (κ2) is 3.66. The number of aromatic hydroxyl groups is 2. The van der Waals surface area contributed by atoms with E-state index in [1.165, 1.54) is 28.8 Å². The third-order valence-corrected chi connectivity index (χ3v) is 2.75. The monoisotopic (exact) mass is 242 g/mol. The Hall–Kier alpha value is -2.69. The Balaban J connectivity index is 2.38. The molecule has 0 saturated carbocycles. The number of phenolic OH excluding ortho intramolecular Hbond substituents is 2. The Morgan fingerprint density at radius 2 is 1.78 bits per heavy atom. The van der Waals surface area contributed by atoms with E-state index < -0.39 is 0 Å². The molecule has 3 N–H and O–H groups in total. The number of hydrogen-bond donors (Lipinski definition) is 3. The molecule has 18 heavy (non-hydrogen) atoms. The normalized spacial score (nSPS) is 10.9. The molecule has 2 aromatic carbocycles. The van der Waals surface area contributed by atoms with Crippen molar-refractivity contribution in [3.05, 3.63) is 52.9 Å². The van der Waals surface area contributed by atoms with Crippen LogP contribution >= 0.6 is 0 Å². The number of imidazole rings is 1. The number of aromatic amines is 1. The Bertz CT molecular complexity index is 786. The highest BCUT2D eigenvalue weighted by Crippen LogP contribution is 2.21. The lowest BCUT2D eigenvalue weighted by molar-refractivity contribution is 0.475. The van der Waals surface area contributed by atoms with E-state index in [0.29, 0.717) is 16.7 Å². The largest absolute Gasteiger partial charge is 0.508 e. The van der Waals surface area contributed by atoms with Crippen LogP contribution in [-0.2, 0) is 0 Å². The second-order valence-corrected chi connectivity index (χ2v) is 3.99. The molecule has 0 bridgehead atoms. The molecule has 1 heterocycles. The van der Waals surface area contributed by atoms with E-state index in [9.17, 15) is 15.0 Å². The van der Waals surface area contributed by atoms with Gasteiger partial charge in [-0.3, -0.25) is 4.57 Å². The number of phenols is 2. The summed E-state index contributed by atoms with van der Waals surface area (Å²) in [6, 6.07) is 11.0. The predicted molar refractivity (Wildman–Crippen MR) is 67.2 cm³/mol. The first-order valence-electron chi connectivity index (χ1n) is 5.38. The molecule has 0 saturated heterocycles. The molecule has 90 valence electrons. The smallest absolute Gasteiger partial charge is 0.331 e. The number of nitrogens with one attached hydrogen (secondary N) is 1. The van der Waals surface area contributed by atoms with E-state index in [1.54, 1.807) is 18.2 Å². The summed E-state index contributed by atoms with van der Waals surface area (Å²) in [5.41, 5.74) is 1.41. The van der Waals surface area contributed by atoms with Gasteiger partial charge in [0.05, 0.1) is 16.7 Å². The van der Waals surface area contributed by atoms with Gasteiger partial charge in [0.1, 0.15) is 11.5 Å². The van der Waals surface area contributed by atoms with Crippen LogP contribution in [0.15, 0.2) is 47.3 Å². The molecule has 0 spiro atoms. The number of H-pyrrole nitrogens is 1. The maximum atomic E-state index is 11.9. The topological polar surface area (TPSA) is 78.2 Å². The van der Waals surface area contributed by atoms with Gasteiger partial charge in [-0.1, -0.05) is 6.07 Å². The first-order chi connectivity index (χ1) is 8.65. The van der Waals surface area contributed by atoms with Crippen LogP contribution in [0, 0.1) is 0 Å². The quantitative estimate of drug-likeness (QED) is 0.608. The highest BCUT2D eigenvalue weighted by molar-refractivity contribution is 5.78. The Morgan fingerprint density at radius 1 is 1.00 bits per heavy atom. The minimum Gasteiger partial charge on any atom is -0.508 e. The van der Waals surface area contributed by atoms with Gasteiger partial charge in [0, 0.05) is 12.1 Å². The number of benzene rings is 2. The van der Waals surface area contributed by atoms with Gasteiger partial charge in [-0.2, -0.15) is 0 Å². The molecule has 0 unspecified atom stereocenters. The van der Waals surface area contributed by atoms with E-state index in [0.717, 1.165) is 0 Å². The molecular formula is C13H10N2O3. The standard InChI is InChI=1S/C13H10N2O3/c16-9-3-1-2-8(6-9)15-12-7-10(17)4-5-11(12)14-13(15)18/h1-7,16-17H,(H,14,18). The van der Waals surface area contributed by atoms with E-state index in [4.69, 9.17) is 0 Å². The van der Waals surface area contributed by atoms with Crippen LogP contribution in [0.3, 0.4) is 0 Å². The third kappa shape index (κ3) is 1.53. The van der Waals surface area contributed by atoms with Gasteiger partial charge in [-0.05, 0) is 24.3 Å². The number of aromatic nitrogens is 2. The second-order valence-electron chi connectivity index (χ2n) is 3.99. The van der Waals surface area contributed by atoms with Crippen LogP contribution in [0.1, 0.15) is 0 Å². The summed E-state index contributed by atoms with van der Waals surface area (Å²) in [7, 11) is 0. The van der Waals surface area contributed by atoms with E-state index in [1.807, 2.05) is 0 Å². The van der Waals surface area contributed by atoms with Gasteiger partial charge >= 0.3 is 5.69 Å². The van der Waals surface area contributed by atoms with Gasteiger partial charge in [-0.15, -0.1) is 0 Å². The fourth-order valence-corrected chi connectivity index (χ4v) is 1.98. The Kier molecular flexibility index (Phi) is 2.13. The zero-order valence-electron chi connectivity index (χ0n) is 9.29. The third-order valence-electron chi connectivity index (χ3n) is 2.75. The van der Waals surface area contributed by atoms with Crippen molar-refractivity contribution in [2.24, 2.45) is 0 Å². The summed E-state index contributed by atoms with van der Waals surface area (Å²) in [4.78, 5) is 14.6. The summed E-state index contributed by atoms with van der Waals surface area (Å²) in [6.07, 6.45) is 0. The highest BCUT2D eigenvalue weighted by Gasteiger charge is 2.09.